The minimum absolute atomic E-state index is 0.200. The zero-order valence-electron chi connectivity index (χ0n) is 9.10. The molecule has 0 unspecified atom stereocenters. The summed E-state index contributed by atoms with van der Waals surface area (Å²) in [5, 5.41) is 0.478. The van der Waals surface area contributed by atoms with E-state index in [0.29, 0.717) is 10.7 Å². The second kappa shape index (κ2) is 5.30. The van der Waals surface area contributed by atoms with Gasteiger partial charge >= 0.3 is 0 Å². The first-order valence-corrected chi connectivity index (χ1v) is 7.67. The molecule has 18 heavy (non-hydrogen) atoms. The predicted molar refractivity (Wildman–Crippen MR) is 76.4 cm³/mol. The summed E-state index contributed by atoms with van der Waals surface area (Å²) in [5.74, 6) is 0. The monoisotopic (exact) mass is 345 g/mol. The molecule has 0 aliphatic heterocycles. The Morgan fingerprint density at radius 1 is 1.06 bits per heavy atom. The van der Waals surface area contributed by atoms with E-state index in [1.165, 1.54) is 12.1 Å². The van der Waals surface area contributed by atoms with E-state index >= 15 is 0 Å². The van der Waals surface area contributed by atoms with Crippen molar-refractivity contribution in [3.63, 3.8) is 0 Å². The lowest BCUT2D eigenvalue weighted by Crippen LogP contribution is -2.12. The van der Waals surface area contributed by atoms with Crippen LogP contribution in [0, 0.1) is 0 Å². The number of anilines is 1. The fraction of sp³-hybridized carbons (Fsp3) is 0. The van der Waals surface area contributed by atoms with Crippen molar-refractivity contribution < 1.29 is 8.42 Å². The fourth-order valence-corrected chi connectivity index (χ4v) is 2.88. The first kappa shape index (κ1) is 13.4. The van der Waals surface area contributed by atoms with Gasteiger partial charge in [-0.3, -0.25) is 4.72 Å². The average Bonchev–Trinajstić information content (AvgIpc) is 2.29. The Balaban J connectivity index is 2.30. The lowest BCUT2D eigenvalue weighted by Gasteiger charge is -2.08. The molecule has 0 amide bonds. The summed E-state index contributed by atoms with van der Waals surface area (Å²) < 4.78 is 27.4. The van der Waals surface area contributed by atoms with Crippen LogP contribution in [0.5, 0.6) is 0 Å². The summed E-state index contributed by atoms with van der Waals surface area (Å²) in [7, 11) is -3.58. The Hall–Kier alpha value is -1.04. The first-order valence-electron chi connectivity index (χ1n) is 5.01. The van der Waals surface area contributed by atoms with Crippen LogP contribution in [0.1, 0.15) is 0 Å². The van der Waals surface area contributed by atoms with E-state index in [1.54, 1.807) is 36.4 Å². The molecule has 3 nitrogen and oxygen atoms in total. The molecule has 0 bridgehead atoms. The number of benzene rings is 2. The normalized spacial score (nSPS) is 11.2. The van der Waals surface area contributed by atoms with Crippen molar-refractivity contribution in [2.45, 2.75) is 4.90 Å². The van der Waals surface area contributed by atoms with Gasteiger partial charge in [0.05, 0.1) is 10.6 Å². The number of rotatable bonds is 3. The second-order valence-electron chi connectivity index (χ2n) is 3.57. The van der Waals surface area contributed by atoms with Crippen LogP contribution in [0.4, 0.5) is 5.69 Å². The molecular weight excluding hydrogens is 338 g/mol. The van der Waals surface area contributed by atoms with Gasteiger partial charge in [0.25, 0.3) is 10.0 Å². The number of halogens is 2. The Bertz CT molecular complexity index is 656. The Morgan fingerprint density at radius 2 is 1.72 bits per heavy atom. The van der Waals surface area contributed by atoms with Gasteiger partial charge in [0.15, 0.2) is 0 Å². The van der Waals surface area contributed by atoms with Crippen molar-refractivity contribution in [3.8, 4) is 0 Å². The van der Waals surface area contributed by atoms with E-state index < -0.39 is 10.0 Å². The third-order valence-electron chi connectivity index (χ3n) is 2.20. The molecule has 0 aliphatic rings. The van der Waals surface area contributed by atoms with Crippen molar-refractivity contribution >= 4 is 43.2 Å². The van der Waals surface area contributed by atoms with Gasteiger partial charge in [-0.25, -0.2) is 8.42 Å². The maximum atomic E-state index is 12.1. The van der Waals surface area contributed by atoms with E-state index in [0.717, 1.165) is 4.47 Å². The maximum absolute atomic E-state index is 12.1. The van der Waals surface area contributed by atoms with Crippen LogP contribution in [0.3, 0.4) is 0 Å². The zero-order chi connectivity index (χ0) is 13.2. The van der Waals surface area contributed by atoms with Crippen LogP contribution < -0.4 is 4.72 Å². The molecule has 0 fully saturated rings. The minimum Gasteiger partial charge on any atom is -0.280 e. The Labute approximate surface area is 119 Å². The Kier molecular flexibility index (Phi) is 3.94. The quantitative estimate of drug-likeness (QED) is 0.916. The van der Waals surface area contributed by atoms with E-state index in [4.69, 9.17) is 11.6 Å². The lowest BCUT2D eigenvalue weighted by atomic mass is 10.3. The van der Waals surface area contributed by atoms with Crippen LogP contribution in [-0.4, -0.2) is 8.42 Å². The van der Waals surface area contributed by atoms with Crippen molar-refractivity contribution in [3.05, 3.63) is 58.0 Å². The molecule has 6 heteroatoms. The molecule has 1 N–H and O–H groups in total. The highest BCUT2D eigenvalue weighted by atomic mass is 79.9. The molecule has 2 aromatic rings. The van der Waals surface area contributed by atoms with Gasteiger partial charge in [-0.2, -0.15) is 0 Å². The molecule has 2 aromatic carbocycles. The van der Waals surface area contributed by atoms with E-state index in [9.17, 15) is 8.42 Å². The third kappa shape index (κ3) is 3.25. The maximum Gasteiger partial charge on any atom is 0.261 e. The molecule has 0 aliphatic carbocycles. The molecular formula is C12H9BrClNO2S. The van der Waals surface area contributed by atoms with Crippen LogP contribution >= 0.6 is 27.5 Å². The van der Waals surface area contributed by atoms with Crippen molar-refractivity contribution in [1.82, 2.24) is 0 Å². The molecule has 94 valence electrons. The van der Waals surface area contributed by atoms with Gasteiger partial charge in [0.2, 0.25) is 0 Å². The molecule has 0 saturated heterocycles. The van der Waals surface area contributed by atoms with Crippen LogP contribution in [0.2, 0.25) is 5.02 Å². The Morgan fingerprint density at radius 3 is 2.33 bits per heavy atom. The third-order valence-corrected chi connectivity index (χ3v) is 4.36. The summed E-state index contributed by atoms with van der Waals surface area (Å²) in [5.41, 5.74) is 0.436. The van der Waals surface area contributed by atoms with Crippen LogP contribution in [0.25, 0.3) is 0 Å². The highest BCUT2D eigenvalue weighted by Crippen LogP contribution is 2.20. The smallest absolute Gasteiger partial charge is 0.261 e. The minimum atomic E-state index is -3.58. The molecule has 0 radical (unpaired) electrons. The zero-order valence-corrected chi connectivity index (χ0v) is 12.3. The molecule has 0 saturated carbocycles. The van der Waals surface area contributed by atoms with Gasteiger partial charge in [-0.15, -0.1) is 0 Å². The van der Waals surface area contributed by atoms with Gasteiger partial charge in [0.1, 0.15) is 0 Å². The summed E-state index contributed by atoms with van der Waals surface area (Å²) in [6.45, 7) is 0. The number of nitrogens with one attached hydrogen (secondary N) is 1. The van der Waals surface area contributed by atoms with Crippen molar-refractivity contribution in [2.24, 2.45) is 0 Å². The van der Waals surface area contributed by atoms with E-state index in [-0.39, 0.29) is 4.90 Å². The predicted octanol–water partition coefficient (Wildman–Crippen LogP) is 3.90. The topological polar surface area (TPSA) is 46.2 Å². The summed E-state index contributed by atoms with van der Waals surface area (Å²) in [6, 6.07) is 13.0. The second-order valence-corrected chi connectivity index (χ2v) is 6.60. The summed E-state index contributed by atoms with van der Waals surface area (Å²) in [4.78, 5) is 0.200. The number of hydrogen-bond donors (Lipinski definition) is 1. The lowest BCUT2D eigenvalue weighted by molar-refractivity contribution is 0.601. The van der Waals surface area contributed by atoms with Gasteiger partial charge in [-0.05, 0) is 42.5 Å². The highest BCUT2D eigenvalue weighted by molar-refractivity contribution is 9.10. The van der Waals surface area contributed by atoms with E-state index in [2.05, 4.69) is 20.7 Å². The summed E-state index contributed by atoms with van der Waals surface area (Å²) in [6.07, 6.45) is 0. The number of sulfonamides is 1. The highest BCUT2D eigenvalue weighted by Gasteiger charge is 2.13. The first-order chi connectivity index (χ1) is 8.47. The van der Waals surface area contributed by atoms with Crippen molar-refractivity contribution in [2.75, 3.05) is 4.72 Å². The number of hydrogen-bond acceptors (Lipinski definition) is 2. The average molecular weight is 347 g/mol. The van der Waals surface area contributed by atoms with Gasteiger partial charge in [-0.1, -0.05) is 33.6 Å². The van der Waals surface area contributed by atoms with Crippen molar-refractivity contribution in [1.29, 1.82) is 0 Å². The van der Waals surface area contributed by atoms with Gasteiger partial charge in [0, 0.05) is 9.50 Å². The van der Waals surface area contributed by atoms with Gasteiger partial charge < -0.3 is 0 Å². The molecule has 0 heterocycles. The molecule has 2 rings (SSSR count). The molecule has 0 atom stereocenters. The molecule has 0 spiro atoms. The largest absolute Gasteiger partial charge is 0.280 e. The van der Waals surface area contributed by atoms with Crippen LogP contribution in [-0.2, 0) is 10.0 Å². The summed E-state index contributed by atoms with van der Waals surface area (Å²) >= 11 is 9.06. The van der Waals surface area contributed by atoms with E-state index in [1.807, 2.05) is 0 Å². The molecule has 0 aromatic heterocycles. The standard InChI is InChI=1S/C12H9BrClNO2S/c13-9-4-6-12(7-5-9)18(16,17)15-11-3-1-2-10(14)8-11/h1-8,15H. The van der Waals surface area contributed by atoms with Crippen LogP contribution in [0.15, 0.2) is 57.9 Å². The SMILES string of the molecule is O=S(=O)(Nc1cccc(Cl)c1)c1ccc(Br)cc1. The fourth-order valence-electron chi connectivity index (χ4n) is 1.38.